The summed E-state index contributed by atoms with van der Waals surface area (Å²) in [7, 11) is 0. The van der Waals surface area contributed by atoms with Crippen molar-refractivity contribution in [1.82, 2.24) is 4.98 Å². The summed E-state index contributed by atoms with van der Waals surface area (Å²) in [5, 5.41) is 2.44. The number of benzene rings is 1. The van der Waals surface area contributed by atoms with Crippen molar-refractivity contribution in [2.45, 2.75) is 6.18 Å². The summed E-state index contributed by atoms with van der Waals surface area (Å²) in [4.78, 5) is 15.6. The summed E-state index contributed by atoms with van der Waals surface area (Å²) in [5.41, 5.74) is 4.78. The van der Waals surface area contributed by atoms with Gasteiger partial charge in [-0.15, -0.1) is 0 Å². The number of carbonyl (C=O) groups is 1. The normalized spacial score (nSPS) is 11.2. The highest BCUT2D eigenvalue weighted by atomic mass is 19.4. The first-order chi connectivity index (χ1) is 9.36. The second-order valence-electron chi connectivity index (χ2n) is 4.00. The molecule has 0 saturated carbocycles. The van der Waals surface area contributed by atoms with Gasteiger partial charge in [-0.3, -0.25) is 4.79 Å². The number of aromatic nitrogens is 1. The molecule has 7 heteroatoms. The predicted octanol–water partition coefficient (Wildman–Crippen LogP) is 2.93. The SMILES string of the molecule is Nc1ccc(NC(=O)c2cccc(C(F)(F)F)c2)cn1. The Morgan fingerprint density at radius 3 is 2.55 bits per heavy atom. The number of nitrogens with zero attached hydrogens (tertiary/aromatic N) is 1. The molecule has 20 heavy (non-hydrogen) atoms. The number of hydrogen-bond donors (Lipinski definition) is 2. The van der Waals surface area contributed by atoms with Crippen LogP contribution in [0.1, 0.15) is 15.9 Å². The lowest BCUT2D eigenvalue weighted by molar-refractivity contribution is -0.137. The highest BCUT2D eigenvalue weighted by Crippen LogP contribution is 2.29. The Kier molecular flexibility index (Phi) is 3.60. The molecule has 0 aliphatic rings. The van der Waals surface area contributed by atoms with Gasteiger partial charge in [0.2, 0.25) is 0 Å². The molecular weight excluding hydrogens is 271 g/mol. The van der Waals surface area contributed by atoms with Crippen LogP contribution in [0.2, 0.25) is 0 Å². The van der Waals surface area contributed by atoms with Crippen molar-refractivity contribution in [2.75, 3.05) is 11.1 Å². The highest BCUT2D eigenvalue weighted by Gasteiger charge is 2.30. The molecule has 0 saturated heterocycles. The number of pyridine rings is 1. The molecule has 0 bridgehead atoms. The molecule has 0 fully saturated rings. The van der Waals surface area contributed by atoms with E-state index >= 15 is 0 Å². The predicted molar refractivity (Wildman–Crippen MR) is 68.0 cm³/mol. The van der Waals surface area contributed by atoms with Crippen LogP contribution in [0.25, 0.3) is 0 Å². The molecule has 0 atom stereocenters. The molecule has 0 spiro atoms. The zero-order valence-electron chi connectivity index (χ0n) is 10.1. The second kappa shape index (κ2) is 5.20. The fourth-order valence-electron chi connectivity index (χ4n) is 1.52. The van der Waals surface area contributed by atoms with Gasteiger partial charge in [0.15, 0.2) is 0 Å². The maximum atomic E-state index is 12.5. The van der Waals surface area contributed by atoms with Gasteiger partial charge in [0.05, 0.1) is 17.4 Å². The van der Waals surface area contributed by atoms with E-state index in [0.717, 1.165) is 12.1 Å². The maximum Gasteiger partial charge on any atom is 0.416 e. The van der Waals surface area contributed by atoms with Crippen molar-refractivity contribution in [3.63, 3.8) is 0 Å². The van der Waals surface area contributed by atoms with Crippen molar-refractivity contribution < 1.29 is 18.0 Å². The quantitative estimate of drug-likeness (QED) is 0.889. The van der Waals surface area contributed by atoms with E-state index in [-0.39, 0.29) is 11.4 Å². The molecule has 1 heterocycles. The van der Waals surface area contributed by atoms with Crippen LogP contribution in [0.4, 0.5) is 24.7 Å². The smallest absolute Gasteiger partial charge is 0.384 e. The van der Waals surface area contributed by atoms with Gasteiger partial charge in [-0.05, 0) is 30.3 Å². The van der Waals surface area contributed by atoms with Crippen LogP contribution in [0.15, 0.2) is 42.6 Å². The van der Waals surface area contributed by atoms with Crippen LogP contribution in [0.5, 0.6) is 0 Å². The average molecular weight is 281 g/mol. The second-order valence-corrected chi connectivity index (χ2v) is 4.00. The summed E-state index contributed by atoms with van der Waals surface area (Å²) < 4.78 is 37.6. The molecule has 3 N–H and O–H groups in total. The molecule has 4 nitrogen and oxygen atoms in total. The molecule has 1 amide bonds. The average Bonchev–Trinajstić information content (AvgIpc) is 2.40. The van der Waals surface area contributed by atoms with Gasteiger partial charge < -0.3 is 11.1 Å². The van der Waals surface area contributed by atoms with Crippen LogP contribution in [0, 0.1) is 0 Å². The van der Waals surface area contributed by atoms with E-state index in [1.54, 1.807) is 0 Å². The molecule has 2 aromatic rings. The summed E-state index contributed by atoms with van der Waals surface area (Å²) in [6, 6.07) is 7.16. The van der Waals surface area contributed by atoms with Crippen LogP contribution >= 0.6 is 0 Å². The van der Waals surface area contributed by atoms with E-state index in [0.29, 0.717) is 5.69 Å². The summed E-state index contributed by atoms with van der Waals surface area (Å²) in [5.74, 6) is -0.371. The maximum absolute atomic E-state index is 12.5. The first-order valence-electron chi connectivity index (χ1n) is 5.56. The van der Waals surface area contributed by atoms with Gasteiger partial charge in [0.1, 0.15) is 5.82 Å². The zero-order valence-corrected chi connectivity index (χ0v) is 10.1. The third-order valence-corrected chi connectivity index (χ3v) is 2.50. The lowest BCUT2D eigenvalue weighted by Gasteiger charge is -2.09. The molecular formula is C13H10F3N3O. The van der Waals surface area contributed by atoms with E-state index in [2.05, 4.69) is 10.3 Å². The van der Waals surface area contributed by atoms with Crippen molar-refractivity contribution in [1.29, 1.82) is 0 Å². The number of alkyl halides is 3. The van der Waals surface area contributed by atoms with E-state index < -0.39 is 17.6 Å². The van der Waals surface area contributed by atoms with Gasteiger partial charge >= 0.3 is 6.18 Å². The van der Waals surface area contributed by atoms with E-state index in [9.17, 15) is 18.0 Å². The molecule has 0 radical (unpaired) electrons. The van der Waals surface area contributed by atoms with Crippen molar-refractivity contribution >= 4 is 17.4 Å². The molecule has 0 unspecified atom stereocenters. The van der Waals surface area contributed by atoms with Crippen LogP contribution < -0.4 is 11.1 Å². The standard InChI is InChI=1S/C13H10F3N3O/c14-13(15,16)9-3-1-2-8(6-9)12(20)19-10-4-5-11(17)18-7-10/h1-7H,(H2,17,18)(H,19,20). The van der Waals surface area contributed by atoms with Crippen molar-refractivity contribution in [2.24, 2.45) is 0 Å². The molecule has 1 aromatic carbocycles. The van der Waals surface area contributed by atoms with E-state index in [1.165, 1.54) is 30.5 Å². The molecule has 104 valence electrons. The monoisotopic (exact) mass is 281 g/mol. The highest BCUT2D eigenvalue weighted by molar-refractivity contribution is 6.04. The number of amides is 1. The van der Waals surface area contributed by atoms with Crippen molar-refractivity contribution in [3.05, 3.63) is 53.7 Å². The Bertz CT molecular complexity index is 624. The molecule has 1 aromatic heterocycles. The Hall–Kier alpha value is -2.57. The largest absolute Gasteiger partial charge is 0.416 e. The van der Waals surface area contributed by atoms with Crippen LogP contribution in [-0.4, -0.2) is 10.9 Å². The van der Waals surface area contributed by atoms with Gasteiger partial charge in [-0.25, -0.2) is 4.98 Å². The summed E-state index contributed by atoms with van der Waals surface area (Å²) in [6.45, 7) is 0. The number of rotatable bonds is 2. The molecule has 2 rings (SSSR count). The molecule has 0 aliphatic carbocycles. The van der Waals surface area contributed by atoms with Gasteiger partial charge in [0.25, 0.3) is 5.91 Å². The summed E-state index contributed by atoms with van der Waals surface area (Å²) in [6.07, 6.45) is -3.17. The Morgan fingerprint density at radius 2 is 1.95 bits per heavy atom. The van der Waals surface area contributed by atoms with Crippen LogP contribution in [-0.2, 0) is 6.18 Å². The van der Waals surface area contributed by atoms with Crippen molar-refractivity contribution in [3.8, 4) is 0 Å². The fraction of sp³-hybridized carbons (Fsp3) is 0.0769. The minimum Gasteiger partial charge on any atom is -0.384 e. The fourth-order valence-corrected chi connectivity index (χ4v) is 1.52. The topological polar surface area (TPSA) is 68.0 Å². The third kappa shape index (κ3) is 3.25. The Morgan fingerprint density at radius 1 is 1.20 bits per heavy atom. The number of nitrogen functional groups attached to an aromatic ring is 1. The van der Waals surface area contributed by atoms with Crippen LogP contribution in [0.3, 0.4) is 0 Å². The minimum atomic E-state index is -4.49. The molecule has 0 aliphatic heterocycles. The lowest BCUT2D eigenvalue weighted by atomic mass is 10.1. The van der Waals surface area contributed by atoms with Gasteiger partial charge in [-0.2, -0.15) is 13.2 Å². The first kappa shape index (κ1) is 13.9. The minimum absolute atomic E-state index is 0.0864. The van der Waals surface area contributed by atoms with Gasteiger partial charge in [-0.1, -0.05) is 6.07 Å². The number of nitrogens with two attached hydrogens (primary N) is 1. The Balaban J connectivity index is 2.19. The first-order valence-corrected chi connectivity index (χ1v) is 5.56. The Labute approximate surface area is 112 Å². The number of anilines is 2. The van der Waals surface area contributed by atoms with Gasteiger partial charge in [0, 0.05) is 5.56 Å². The zero-order chi connectivity index (χ0) is 14.8. The number of carbonyl (C=O) groups excluding carboxylic acids is 1. The van der Waals surface area contributed by atoms with E-state index in [4.69, 9.17) is 5.73 Å². The third-order valence-electron chi connectivity index (χ3n) is 2.50. The summed E-state index contributed by atoms with van der Waals surface area (Å²) >= 11 is 0. The number of halogens is 3. The van der Waals surface area contributed by atoms with E-state index in [1.807, 2.05) is 0 Å². The number of nitrogens with one attached hydrogen (secondary N) is 1. The number of hydrogen-bond acceptors (Lipinski definition) is 3. The lowest BCUT2D eigenvalue weighted by Crippen LogP contribution is -2.14.